The van der Waals surface area contributed by atoms with E-state index in [9.17, 15) is 14.7 Å². The van der Waals surface area contributed by atoms with Crippen LogP contribution in [0.3, 0.4) is 0 Å². The van der Waals surface area contributed by atoms with Gasteiger partial charge in [-0.15, -0.1) is 0 Å². The number of hydrogen-bond acceptors (Lipinski definition) is 5. The fourth-order valence-electron chi connectivity index (χ4n) is 8.67. The number of rotatable bonds is 5. The van der Waals surface area contributed by atoms with Crippen molar-refractivity contribution in [2.24, 2.45) is 40.4 Å². The van der Waals surface area contributed by atoms with Crippen molar-refractivity contribution in [3.8, 4) is 0 Å². The van der Waals surface area contributed by atoms with Crippen molar-refractivity contribution >= 4 is 11.9 Å². The minimum Gasteiger partial charge on any atom is -0.469 e. The predicted molar refractivity (Wildman–Crippen MR) is 123 cm³/mol. The van der Waals surface area contributed by atoms with Gasteiger partial charge >= 0.3 is 11.9 Å². The molecule has 9 atom stereocenters. The first-order valence-electron chi connectivity index (χ1n) is 12.7. The molecule has 5 nitrogen and oxygen atoms in total. The van der Waals surface area contributed by atoms with E-state index in [1.54, 1.807) is 0 Å². The molecule has 3 saturated carbocycles. The summed E-state index contributed by atoms with van der Waals surface area (Å²) >= 11 is 0. The third-order valence-electron chi connectivity index (χ3n) is 10.3. The Kier molecular flexibility index (Phi) is 6.52. The Morgan fingerprint density at radius 3 is 2.59 bits per heavy atom. The molecule has 0 amide bonds. The summed E-state index contributed by atoms with van der Waals surface area (Å²) in [6.07, 6.45) is 10.4. The number of hydrogen-bond donors (Lipinski definition) is 1. The standard InChI is InChI=1S/C27H42O5/c1-16(6-11-24(29)31-5)19-9-10-20-18-7-8-22-25(30)23(32-17(2)28)13-15-27(22,4)21(18)12-14-26(19,20)3/h8,16,18-21,23,25,30H,6-7,9-15H2,1-5H3/t16-,18+,19-,20+,21+,23+,25-,26-,27-/m1/s1. The smallest absolute Gasteiger partial charge is 0.305 e. The Hall–Kier alpha value is -1.36. The molecular formula is C27H42O5. The minimum absolute atomic E-state index is 0.00883. The molecule has 32 heavy (non-hydrogen) atoms. The van der Waals surface area contributed by atoms with Crippen molar-refractivity contribution in [3.63, 3.8) is 0 Å². The molecule has 0 unspecified atom stereocenters. The molecule has 0 radical (unpaired) electrons. The Morgan fingerprint density at radius 1 is 1.16 bits per heavy atom. The van der Waals surface area contributed by atoms with Crippen LogP contribution in [0.5, 0.6) is 0 Å². The number of methoxy groups -OCH3 is 1. The first-order chi connectivity index (χ1) is 15.1. The highest BCUT2D eigenvalue weighted by Crippen LogP contribution is 2.67. The molecule has 1 N–H and O–H groups in total. The Bertz CT molecular complexity index is 774. The largest absolute Gasteiger partial charge is 0.469 e. The van der Waals surface area contributed by atoms with Crippen molar-refractivity contribution in [1.82, 2.24) is 0 Å². The number of aliphatic hydroxyl groups is 1. The van der Waals surface area contributed by atoms with E-state index in [1.807, 2.05) is 0 Å². The average Bonchev–Trinajstić information content (AvgIpc) is 3.11. The Balaban J connectivity index is 1.52. The van der Waals surface area contributed by atoms with E-state index in [-0.39, 0.29) is 17.4 Å². The van der Waals surface area contributed by atoms with Gasteiger partial charge in [0, 0.05) is 13.3 Å². The SMILES string of the molecule is COC(=O)CC[C@@H](C)[C@H]1CC[C@H]2[C@@H]3CC=C4[C@@H](O)[C@@H](OC(C)=O)CC[C@]4(C)[C@H]3CC[C@]12C. The summed E-state index contributed by atoms with van der Waals surface area (Å²) in [5, 5.41) is 11.1. The molecule has 3 fully saturated rings. The maximum atomic E-state index is 11.7. The monoisotopic (exact) mass is 446 g/mol. The van der Waals surface area contributed by atoms with E-state index in [0.717, 1.165) is 31.3 Å². The van der Waals surface area contributed by atoms with E-state index in [2.05, 4.69) is 26.8 Å². The number of esters is 2. The van der Waals surface area contributed by atoms with Gasteiger partial charge in [0.15, 0.2) is 0 Å². The fraction of sp³-hybridized carbons (Fsp3) is 0.852. The van der Waals surface area contributed by atoms with Gasteiger partial charge in [-0.05, 0) is 97.4 Å². The van der Waals surface area contributed by atoms with E-state index in [0.29, 0.717) is 41.4 Å². The highest BCUT2D eigenvalue weighted by atomic mass is 16.6. The minimum atomic E-state index is -0.665. The normalized spacial score (nSPS) is 43.9. The second-order valence-electron chi connectivity index (χ2n) is 11.6. The van der Waals surface area contributed by atoms with Crippen molar-refractivity contribution in [1.29, 1.82) is 0 Å². The lowest BCUT2D eigenvalue weighted by Gasteiger charge is -2.59. The van der Waals surface area contributed by atoms with Gasteiger partial charge in [-0.1, -0.05) is 26.8 Å². The lowest BCUT2D eigenvalue weighted by Crippen LogP contribution is -2.54. The van der Waals surface area contributed by atoms with Crippen molar-refractivity contribution < 1.29 is 24.2 Å². The molecule has 0 aromatic heterocycles. The molecular weight excluding hydrogens is 404 g/mol. The summed E-state index contributed by atoms with van der Waals surface area (Å²) < 4.78 is 10.3. The van der Waals surface area contributed by atoms with Crippen LogP contribution >= 0.6 is 0 Å². The molecule has 0 spiro atoms. The molecule has 4 aliphatic carbocycles. The maximum Gasteiger partial charge on any atom is 0.305 e. The lowest BCUT2D eigenvalue weighted by molar-refractivity contribution is -0.156. The highest BCUT2D eigenvalue weighted by Gasteiger charge is 2.60. The van der Waals surface area contributed by atoms with Gasteiger partial charge in [0.2, 0.25) is 0 Å². The summed E-state index contributed by atoms with van der Waals surface area (Å²) in [6, 6.07) is 0. The summed E-state index contributed by atoms with van der Waals surface area (Å²) in [5.41, 5.74) is 1.47. The van der Waals surface area contributed by atoms with Gasteiger partial charge in [0.1, 0.15) is 12.2 Å². The molecule has 5 heteroatoms. The molecule has 4 rings (SSSR count). The van der Waals surface area contributed by atoms with E-state index in [1.165, 1.54) is 39.7 Å². The van der Waals surface area contributed by atoms with Crippen LogP contribution in [0.15, 0.2) is 11.6 Å². The van der Waals surface area contributed by atoms with Crippen LogP contribution in [0.25, 0.3) is 0 Å². The van der Waals surface area contributed by atoms with Crippen LogP contribution in [0, 0.1) is 40.4 Å². The van der Waals surface area contributed by atoms with Crippen molar-refractivity contribution in [3.05, 3.63) is 11.6 Å². The number of ether oxygens (including phenoxy) is 2. The molecule has 180 valence electrons. The quantitative estimate of drug-likeness (QED) is 0.472. The number of allylic oxidation sites excluding steroid dienone is 1. The number of carbonyl (C=O) groups is 2. The average molecular weight is 447 g/mol. The second kappa shape index (κ2) is 8.77. The molecule has 0 aromatic rings. The molecule has 0 aliphatic heterocycles. The molecule has 0 bridgehead atoms. The van der Waals surface area contributed by atoms with Gasteiger partial charge in [0.05, 0.1) is 7.11 Å². The fourth-order valence-corrected chi connectivity index (χ4v) is 8.67. The van der Waals surface area contributed by atoms with Crippen LogP contribution in [0.2, 0.25) is 0 Å². The zero-order valence-corrected chi connectivity index (χ0v) is 20.6. The van der Waals surface area contributed by atoms with Crippen molar-refractivity contribution in [2.75, 3.05) is 7.11 Å². The van der Waals surface area contributed by atoms with Crippen LogP contribution in [0.4, 0.5) is 0 Å². The second-order valence-corrected chi connectivity index (χ2v) is 11.6. The predicted octanol–water partition coefficient (Wildman–Crippen LogP) is 5.06. The zero-order chi connectivity index (χ0) is 23.3. The van der Waals surface area contributed by atoms with Gasteiger partial charge in [-0.2, -0.15) is 0 Å². The Morgan fingerprint density at radius 2 is 1.91 bits per heavy atom. The molecule has 0 heterocycles. The lowest BCUT2D eigenvalue weighted by atomic mass is 9.46. The summed E-state index contributed by atoms with van der Waals surface area (Å²) in [4.78, 5) is 23.2. The summed E-state index contributed by atoms with van der Waals surface area (Å²) in [7, 11) is 1.48. The third-order valence-corrected chi connectivity index (χ3v) is 10.3. The topological polar surface area (TPSA) is 72.8 Å². The van der Waals surface area contributed by atoms with Crippen LogP contribution in [-0.2, 0) is 19.1 Å². The number of aliphatic hydroxyl groups excluding tert-OH is 1. The van der Waals surface area contributed by atoms with E-state index in [4.69, 9.17) is 9.47 Å². The summed E-state index contributed by atoms with van der Waals surface area (Å²) in [5.74, 6) is 2.77. The van der Waals surface area contributed by atoms with E-state index < -0.39 is 12.2 Å². The van der Waals surface area contributed by atoms with E-state index >= 15 is 0 Å². The van der Waals surface area contributed by atoms with Gasteiger partial charge in [-0.3, -0.25) is 9.59 Å². The van der Waals surface area contributed by atoms with Gasteiger partial charge in [0.25, 0.3) is 0 Å². The maximum absolute atomic E-state index is 11.7. The van der Waals surface area contributed by atoms with Crippen LogP contribution < -0.4 is 0 Å². The first-order valence-corrected chi connectivity index (χ1v) is 12.7. The third kappa shape index (κ3) is 3.82. The summed E-state index contributed by atoms with van der Waals surface area (Å²) in [6.45, 7) is 8.64. The van der Waals surface area contributed by atoms with Crippen molar-refractivity contribution in [2.45, 2.75) is 97.7 Å². The van der Waals surface area contributed by atoms with Gasteiger partial charge in [-0.25, -0.2) is 0 Å². The number of fused-ring (bicyclic) bond motifs is 5. The van der Waals surface area contributed by atoms with Gasteiger partial charge < -0.3 is 14.6 Å². The molecule has 4 aliphatic rings. The zero-order valence-electron chi connectivity index (χ0n) is 20.6. The molecule has 0 aromatic carbocycles. The Labute approximate surface area is 193 Å². The highest BCUT2D eigenvalue weighted by molar-refractivity contribution is 5.69. The first kappa shape index (κ1) is 23.8. The number of carbonyl (C=O) groups excluding carboxylic acids is 2. The van der Waals surface area contributed by atoms with Crippen LogP contribution in [0.1, 0.15) is 85.5 Å². The van der Waals surface area contributed by atoms with Crippen LogP contribution in [-0.4, -0.2) is 36.4 Å². The molecule has 0 saturated heterocycles.